The van der Waals surface area contributed by atoms with E-state index < -0.39 is 15.4 Å². The van der Waals surface area contributed by atoms with Crippen LogP contribution in [0.2, 0.25) is 0 Å². The van der Waals surface area contributed by atoms with Crippen molar-refractivity contribution in [1.29, 1.82) is 0 Å². The Labute approximate surface area is 203 Å². The van der Waals surface area contributed by atoms with E-state index in [9.17, 15) is 13.2 Å². The quantitative estimate of drug-likeness (QED) is 0.458. The first-order chi connectivity index (χ1) is 17.0. The number of hydrogen-bond acceptors (Lipinski definition) is 5. The molecule has 2 atom stereocenters. The van der Waals surface area contributed by atoms with E-state index in [2.05, 4.69) is 15.6 Å². The van der Waals surface area contributed by atoms with Crippen molar-refractivity contribution < 1.29 is 13.2 Å². The van der Waals surface area contributed by atoms with Crippen LogP contribution in [0.4, 0.5) is 5.69 Å². The number of piperidine rings is 1. The molecule has 2 aromatic carbocycles. The van der Waals surface area contributed by atoms with Crippen LogP contribution in [0, 0.1) is 0 Å². The summed E-state index contributed by atoms with van der Waals surface area (Å²) in [7, 11) is -3.90. The van der Waals surface area contributed by atoms with Gasteiger partial charge in [0.05, 0.1) is 22.2 Å². The van der Waals surface area contributed by atoms with Crippen molar-refractivity contribution in [3.05, 3.63) is 78.6 Å². The summed E-state index contributed by atoms with van der Waals surface area (Å²) in [6, 6.07) is 18.7. The van der Waals surface area contributed by atoms with Gasteiger partial charge in [-0.2, -0.15) is 0 Å². The van der Waals surface area contributed by atoms with E-state index in [0.29, 0.717) is 24.2 Å². The number of fused-ring (bicyclic) bond motifs is 6. The average Bonchev–Trinajstić information content (AvgIpc) is 3.52. The van der Waals surface area contributed by atoms with Gasteiger partial charge in [0.15, 0.2) is 5.65 Å². The summed E-state index contributed by atoms with van der Waals surface area (Å²) in [4.78, 5) is 18.4. The van der Waals surface area contributed by atoms with Crippen LogP contribution in [0.3, 0.4) is 0 Å². The molecule has 3 aliphatic heterocycles. The molecule has 176 valence electrons. The van der Waals surface area contributed by atoms with Crippen LogP contribution < -0.4 is 10.6 Å². The van der Waals surface area contributed by atoms with Gasteiger partial charge in [-0.15, -0.1) is 0 Å². The summed E-state index contributed by atoms with van der Waals surface area (Å²) in [6.07, 6.45) is 6.80. The fraction of sp³-hybridized carbons (Fsp3) is 0.259. The third kappa shape index (κ3) is 2.90. The molecule has 2 fully saturated rings. The Morgan fingerprint density at radius 3 is 2.29 bits per heavy atom. The van der Waals surface area contributed by atoms with Crippen LogP contribution in [-0.4, -0.2) is 35.4 Å². The minimum Gasteiger partial charge on any atom is -0.324 e. The van der Waals surface area contributed by atoms with Gasteiger partial charge >= 0.3 is 0 Å². The third-order valence-electron chi connectivity index (χ3n) is 7.85. The number of carbonyl (C=O) groups excluding carboxylic acids is 1. The second-order valence-electron chi connectivity index (χ2n) is 9.85. The first-order valence-corrected chi connectivity index (χ1v) is 13.4. The van der Waals surface area contributed by atoms with Gasteiger partial charge in [-0.3, -0.25) is 4.79 Å². The zero-order valence-electron chi connectivity index (χ0n) is 18.9. The number of nitrogens with one attached hydrogen (secondary N) is 2. The van der Waals surface area contributed by atoms with Crippen molar-refractivity contribution in [2.24, 2.45) is 0 Å². The SMILES string of the molecule is O=C1Nc2cnc3c(c(-c4ccccc4)cn3S(=O)(=O)c3ccccc3)c2C12CC1CCC(C2)N1. The summed E-state index contributed by atoms with van der Waals surface area (Å²) in [5.41, 5.74) is 2.91. The lowest BCUT2D eigenvalue weighted by Gasteiger charge is -2.37. The second-order valence-corrected chi connectivity index (χ2v) is 11.7. The Bertz CT molecular complexity index is 1580. The fourth-order valence-electron chi connectivity index (χ4n) is 6.38. The molecule has 5 heterocycles. The normalized spacial score (nSPS) is 25.2. The van der Waals surface area contributed by atoms with Gasteiger partial charge in [0.2, 0.25) is 5.91 Å². The van der Waals surface area contributed by atoms with Gasteiger partial charge in [-0.05, 0) is 43.4 Å². The number of benzene rings is 2. The molecular formula is C27H24N4O3S. The monoisotopic (exact) mass is 484 g/mol. The Hall–Kier alpha value is -3.49. The smallest absolute Gasteiger partial charge is 0.269 e. The highest BCUT2D eigenvalue weighted by Crippen LogP contribution is 2.53. The molecule has 7 rings (SSSR count). The highest BCUT2D eigenvalue weighted by atomic mass is 32.2. The molecule has 2 bridgehead atoms. The van der Waals surface area contributed by atoms with Gasteiger partial charge in [0, 0.05) is 34.8 Å². The lowest BCUT2D eigenvalue weighted by Crippen LogP contribution is -2.50. The summed E-state index contributed by atoms with van der Waals surface area (Å²) in [6.45, 7) is 0. The number of rotatable bonds is 3. The van der Waals surface area contributed by atoms with Gasteiger partial charge in [-0.1, -0.05) is 48.5 Å². The number of aromatic nitrogens is 2. The molecule has 1 amide bonds. The number of nitrogens with zero attached hydrogens (tertiary/aromatic N) is 2. The standard InChI is InChI=1S/C27H24N4O3S/c32-26-27(13-18-11-12-19(14-27)29-18)24-22(30-26)15-28-25-23(24)21(17-7-3-1-4-8-17)16-31(25)35(33,34)20-9-5-2-6-10-20/h1-10,15-16,18-19,29H,11-14H2,(H,30,32). The van der Waals surface area contributed by atoms with E-state index in [-0.39, 0.29) is 22.9 Å². The molecule has 2 saturated heterocycles. The number of hydrogen-bond donors (Lipinski definition) is 2. The predicted molar refractivity (Wildman–Crippen MR) is 134 cm³/mol. The fourth-order valence-corrected chi connectivity index (χ4v) is 7.72. The lowest BCUT2D eigenvalue weighted by atomic mass is 9.70. The summed E-state index contributed by atoms with van der Waals surface area (Å²) in [5, 5.41) is 7.47. The average molecular weight is 485 g/mol. The molecule has 35 heavy (non-hydrogen) atoms. The summed E-state index contributed by atoms with van der Waals surface area (Å²) < 4.78 is 28.8. The number of anilines is 1. The van der Waals surface area contributed by atoms with Crippen LogP contribution in [0.25, 0.3) is 22.2 Å². The molecular weight excluding hydrogens is 460 g/mol. The summed E-state index contributed by atoms with van der Waals surface area (Å²) >= 11 is 0. The Balaban J connectivity index is 1.56. The molecule has 2 unspecified atom stereocenters. The van der Waals surface area contributed by atoms with E-state index in [1.165, 1.54) is 3.97 Å². The van der Waals surface area contributed by atoms with Crippen LogP contribution in [0.5, 0.6) is 0 Å². The molecule has 0 aliphatic carbocycles. The molecule has 2 aromatic heterocycles. The predicted octanol–water partition coefficient (Wildman–Crippen LogP) is 4.04. The molecule has 4 aromatic rings. The number of pyridine rings is 1. The topological polar surface area (TPSA) is 93.1 Å². The third-order valence-corrected chi connectivity index (χ3v) is 9.52. The van der Waals surface area contributed by atoms with Gasteiger partial charge in [0.1, 0.15) is 0 Å². The van der Waals surface area contributed by atoms with E-state index in [0.717, 1.165) is 34.9 Å². The number of carbonyl (C=O) groups is 1. The first kappa shape index (κ1) is 20.8. The Kier molecular flexibility index (Phi) is 4.32. The van der Waals surface area contributed by atoms with Crippen molar-refractivity contribution in [2.45, 2.75) is 48.1 Å². The van der Waals surface area contributed by atoms with Gasteiger partial charge in [0.25, 0.3) is 10.0 Å². The van der Waals surface area contributed by atoms with Crippen molar-refractivity contribution in [3.63, 3.8) is 0 Å². The zero-order valence-corrected chi connectivity index (χ0v) is 19.8. The largest absolute Gasteiger partial charge is 0.324 e. The van der Waals surface area contributed by atoms with Crippen molar-refractivity contribution in [1.82, 2.24) is 14.3 Å². The lowest BCUT2D eigenvalue weighted by molar-refractivity contribution is -0.122. The molecule has 2 N–H and O–H groups in total. The zero-order chi connectivity index (χ0) is 23.8. The summed E-state index contributed by atoms with van der Waals surface area (Å²) in [5.74, 6) is -0.00196. The Morgan fingerprint density at radius 2 is 1.60 bits per heavy atom. The van der Waals surface area contributed by atoms with Crippen LogP contribution in [-0.2, 0) is 20.2 Å². The van der Waals surface area contributed by atoms with E-state index >= 15 is 0 Å². The highest BCUT2D eigenvalue weighted by Gasteiger charge is 2.55. The molecule has 7 nitrogen and oxygen atoms in total. The Morgan fingerprint density at radius 1 is 0.943 bits per heavy atom. The highest BCUT2D eigenvalue weighted by molar-refractivity contribution is 7.90. The maximum Gasteiger partial charge on any atom is 0.269 e. The minimum atomic E-state index is -3.90. The molecule has 0 radical (unpaired) electrons. The van der Waals surface area contributed by atoms with E-state index in [1.54, 1.807) is 42.7 Å². The second kappa shape index (κ2) is 7.26. The van der Waals surface area contributed by atoms with Gasteiger partial charge < -0.3 is 10.6 Å². The van der Waals surface area contributed by atoms with Crippen LogP contribution >= 0.6 is 0 Å². The molecule has 8 heteroatoms. The van der Waals surface area contributed by atoms with Crippen molar-refractivity contribution in [2.75, 3.05) is 5.32 Å². The van der Waals surface area contributed by atoms with Crippen LogP contribution in [0.15, 0.2) is 78.0 Å². The maximum atomic E-state index is 13.8. The van der Waals surface area contributed by atoms with Crippen molar-refractivity contribution in [3.8, 4) is 11.1 Å². The van der Waals surface area contributed by atoms with Crippen molar-refractivity contribution >= 4 is 32.7 Å². The van der Waals surface area contributed by atoms with Crippen LogP contribution in [0.1, 0.15) is 31.2 Å². The number of amides is 1. The van der Waals surface area contributed by atoms with Gasteiger partial charge in [-0.25, -0.2) is 17.4 Å². The first-order valence-electron chi connectivity index (χ1n) is 12.0. The molecule has 3 aliphatic rings. The minimum absolute atomic E-state index is 0.00196. The van der Waals surface area contributed by atoms with E-state index in [4.69, 9.17) is 0 Å². The van der Waals surface area contributed by atoms with E-state index in [1.807, 2.05) is 30.3 Å². The maximum absolute atomic E-state index is 13.8. The molecule has 0 saturated carbocycles. The molecule has 1 spiro atoms.